The molecule has 0 amide bonds. The fourth-order valence-corrected chi connectivity index (χ4v) is 3.63. The molecule has 0 atom stereocenters. The van der Waals surface area contributed by atoms with Crippen molar-refractivity contribution in [2.75, 3.05) is 45.2 Å². The lowest BCUT2D eigenvalue weighted by Crippen LogP contribution is -2.52. The highest BCUT2D eigenvalue weighted by Crippen LogP contribution is 2.22. The molecule has 1 aliphatic rings. The summed E-state index contributed by atoms with van der Waals surface area (Å²) in [6.45, 7) is 2.80. The van der Waals surface area contributed by atoms with Gasteiger partial charge in [-0.05, 0) is 36.4 Å². The van der Waals surface area contributed by atoms with Crippen molar-refractivity contribution in [1.29, 1.82) is 0 Å². The summed E-state index contributed by atoms with van der Waals surface area (Å²) in [5, 5.41) is 10.5. The molecule has 32 heavy (non-hydrogen) atoms. The minimum Gasteiger partial charge on any atom is -0.497 e. The molecule has 2 N–H and O–H groups in total. The highest BCUT2D eigenvalue weighted by molar-refractivity contribution is 5.80. The second-order valence-electron chi connectivity index (χ2n) is 7.30. The number of rotatable bonds is 5. The number of hydrogen-bond donors (Lipinski definition) is 2. The number of H-pyrrole nitrogens is 1. The van der Waals surface area contributed by atoms with Gasteiger partial charge in [0.05, 0.1) is 19.3 Å². The molecule has 1 aliphatic heterocycles. The Morgan fingerprint density at radius 2 is 1.88 bits per heavy atom. The van der Waals surface area contributed by atoms with Gasteiger partial charge in [-0.3, -0.25) is 10.1 Å². The number of aromatic amines is 1. The van der Waals surface area contributed by atoms with Crippen LogP contribution in [0.25, 0.3) is 11.4 Å². The molecule has 4 rings (SSSR count). The molecule has 0 bridgehead atoms. The summed E-state index contributed by atoms with van der Waals surface area (Å²) in [6.07, 6.45) is 0. The van der Waals surface area contributed by atoms with Gasteiger partial charge in [0.1, 0.15) is 23.2 Å². The third kappa shape index (κ3) is 4.79. The van der Waals surface area contributed by atoms with Crippen molar-refractivity contribution in [3.05, 3.63) is 59.9 Å². The van der Waals surface area contributed by atoms with Gasteiger partial charge >= 0.3 is 0 Å². The highest BCUT2D eigenvalue weighted by Gasteiger charge is 2.22. The van der Waals surface area contributed by atoms with Crippen LogP contribution in [0.2, 0.25) is 0 Å². The molecular formula is C22H25F2N7O. The van der Waals surface area contributed by atoms with E-state index >= 15 is 0 Å². The third-order valence-corrected chi connectivity index (χ3v) is 5.33. The number of benzene rings is 2. The van der Waals surface area contributed by atoms with Crippen LogP contribution in [-0.4, -0.2) is 66.4 Å². The van der Waals surface area contributed by atoms with E-state index < -0.39 is 11.6 Å². The number of guanidine groups is 1. The van der Waals surface area contributed by atoms with E-state index in [0.29, 0.717) is 56.0 Å². The average molecular weight is 441 g/mol. The number of nitrogens with one attached hydrogen (secondary N) is 2. The number of aliphatic imine (C=N–C) groups is 1. The predicted molar refractivity (Wildman–Crippen MR) is 119 cm³/mol. The summed E-state index contributed by atoms with van der Waals surface area (Å²) in [6, 6.07) is 11.1. The Balaban J connectivity index is 1.33. The normalized spacial score (nSPS) is 14.6. The Morgan fingerprint density at radius 3 is 2.56 bits per heavy atom. The van der Waals surface area contributed by atoms with Crippen LogP contribution in [0.3, 0.4) is 0 Å². The Morgan fingerprint density at radius 1 is 1.12 bits per heavy atom. The number of ether oxygens (including phenoxy) is 1. The first-order valence-electron chi connectivity index (χ1n) is 10.3. The number of methoxy groups -OCH3 is 1. The minimum absolute atomic E-state index is 0.292. The SMILES string of the molecule is CN=C(NCc1nc(-c2ccc(OC)cc2)n[nH]1)N1CCN(c2cc(F)ccc2F)CC1. The van der Waals surface area contributed by atoms with Crippen molar-refractivity contribution in [3.8, 4) is 17.1 Å². The molecule has 3 aromatic rings. The van der Waals surface area contributed by atoms with Gasteiger partial charge < -0.3 is 19.9 Å². The van der Waals surface area contributed by atoms with Gasteiger partial charge in [0.2, 0.25) is 0 Å². The molecule has 0 unspecified atom stereocenters. The molecule has 1 saturated heterocycles. The minimum atomic E-state index is -0.442. The zero-order chi connectivity index (χ0) is 22.5. The lowest BCUT2D eigenvalue weighted by atomic mass is 10.2. The highest BCUT2D eigenvalue weighted by atomic mass is 19.1. The monoisotopic (exact) mass is 441 g/mol. The predicted octanol–water partition coefficient (Wildman–Crippen LogP) is 2.66. The molecule has 0 radical (unpaired) electrons. The molecule has 10 heteroatoms. The summed E-state index contributed by atoms with van der Waals surface area (Å²) in [4.78, 5) is 12.8. The van der Waals surface area contributed by atoms with E-state index in [1.165, 1.54) is 6.07 Å². The van der Waals surface area contributed by atoms with Gasteiger partial charge in [-0.15, -0.1) is 0 Å². The van der Waals surface area contributed by atoms with Gasteiger partial charge in [0.25, 0.3) is 0 Å². The fraction of sp³-hybridized carbons (Fsp3) is 0.318. The first-order chi connectivity index (χ1) is 15.6. The number of halogens is 2. The summed E-state index contributed by atoms with van der Waals surface area (Å²) < 4.78 is 32.8. The van der Waals surface area contributed by atoms with Crippen LogP contribution in [0, 0.1) is 11.6 Å². The molecule has 168 valence electrons. The van der Waals surface area contributed by atoms with Crippen LogP contribution in [0.15, 0.2) is 47.5 Å². The van der Waals surface area contributed by atoms with Crippen LogP contribution >= 0.6 is 0 Å². The van der Waals surface area contributed by atoms with Crippen molar-refractivity contribution >= 4 is 11.6 Å². The number of piperazine rings is 1. The van der Waals surface area contributed by atoms with Crippen LogP contribution in [0.1, 0.15) is 5.82 Å². The van der Waals surface area contributed by atoms with Gasteiger partial charge in [-0.25, -0.2) is 13.8 Å². The molecule has 0 saturated carbocycles. The first-order valence-corrected chi connectivity index (χ1v) is 10.3. The molecule has 1 fully saturated rings. The van der Waals surface area contributed by atoms with Crippen molar-refractivity contribution in [2.45, 2.75) is 6.54 Å². The topological polar surface area (TPSA) is 81.7 Å². The maximum absolute atomic E-state index is 14.1. The fourth-order valence-electron chi connectivity index (χ4n) is 3.63. The van der Waals surface area contributed by atoms with Gasteiger partial charge in [-0.2, -0.15) is 5.10 Å². The maximum Gasteiger partial charge on any atom is 0.194 e. The Hall–Kier alpha value is -3.69. The second kappa shape index (κ2) is 9.63. The van der Waals surface area contributed by atoms with Gasteiger partial charge in [-0.1, -0.05) is 0 Å². The van der Waals surface area contributed by atoms with E-state index in [2.05, 4.69) is 30.4 Å². The number of anilines is 1. The largest absolute Gasteiger partial charge is 0.497 e. The summed E-state index contributed by atoms with van der Waals surface area (Å²) >= 11 is 0. The standard InChI is InChI=1S/C22H25F2N7O/c1-25-22(31-11-9-30(10-12-31)19-13-16(23)5-8-18(19)24)26-14-20-27-21(29-28-20)15-3-6-17(32-2)7-4-15/h3-8,13H,9-12,14H2,1-2H3,(H,25,26)(H,27,28,29). The molecule has 2 aromatic carbocycles. The lowest BCUT2D eigenvalue weighted by molar-refractivity contribution is 0.370. The lowest BCUT2D eigenvalue weighted by Gasteiger charge is -2.37. The average Bonchev–Trinajstić information content (AvgIpc) is 3.30. The smallest absolute Gasteiger partial charge is 0.194 e. The number of hydrogen-bond acceptors (Lipinski definition) is 5. The van der Waals surface area contributed by atoms with Crippen LogP contribution in [0.5, 0.6) is 5.75 Å². The zero-order valence-corrected chi connectivity index (χ0v) is 18.0. The van der Waals surface area contributed by atoms with Crippen molar-refractivity contribution in [3.63, 3.8) is 0 Å². The van der Waals surface area contributed by atoms with E-state index in [1.54, 1.807) is 14.2 Å². The molecule has 1 aromatic heterocycles. The van der Waals surface area contributed by atoms with E-state index in [0.717, 1.165) is 23.4 Å². The van der Waals surface area contributed by atoms with E-state index in [4.69, 9.17) is 4.74 Å². The number of aromatic nitrogens is 3. The quantitative estimate of drug-likeness (QED) is 0.468. The van der Waals surface area contributed by atoms with Gasteiger partial charge in [0, 0.05) is 44.9 Å². The second-order valence-corrected chi connectivity index (χ2v) is 7.30. The Kier molecular flexibility index (Phi) is 6.48. The molecule has 8 nitrogen and oxygen atoms in total. The van der Waals surface area contributed by atoms with Gasteiger partial charge in [0.15, 0.2) is 11.8 Å². The number of nitrogens with zero attached hydrogens (tertiary/aromatic N) is 5. The third-order valence-electron chi connectivity index (χ3n) is 5.33. The van der Waals surface area contributed by atoms with Crippen molar-refractivity contribution in [1.82, 2.24) is 25.4 Å². The van der Waals surface area contributed by atoms with E-state index in [-0.39, 0.29) is 0 Å². The molecule has 2 heterocycles. The molecule has 0 aliphatic carbocycles. The van der Waals surface area contributed by atoms with Crippen LogP contribution in [0.4, 0.5) is 14.5 Å². The Labute approximate surface area is 184 Å². The first kappa shape index (κ1) is 21.5. The maximum atomic E-state index is 14.1. The zero-order valence-electron chi connectivity index (χ0n) is 18.0. The van der Waals surface area contributed by atoms with E-state index in [9.17, 15) is 8.78 Å². The van der Waals surface area contributed by atoms with Crippen LogP contribution < -0.4 is 15.0 Å². The van der Waals surface area contributed by atoms with Crippen LogP contribution in [-0.2, 0) is 6.54 Å². The van der Waals surface area contributed by atoms with E-state index in [1.807, 2.05) is 29.2 Å². The summed E-state index contributed by atoms with van der Waals surface area (Å²) in [5.74, 6) is 1.91. The molecular weight excluding hydrogens is 416 g/mol. The van der Waals surface area contributed by atoms with Crippen molar-refractivity contribution in [2.24, 2.45) is 4.99 Å². The Bertz CT molecular complexity index is 1080. The molecule has 0 spiro atoms. The summed E-state index contributed by atoms with van der Waals surface area (Å²) in [5.41, 5.74) is 1.18. The summed E-state index contributed by atoms with van der Waals surface area (Å²) in [7, 11) is 3.34. The van der Waals surface area contributed by atoms with Crippen molar-refractivity contribution < 1.29 is 13.5 Å².